The van der Waals surface area contributed by atoms with Crippen LogP contribution in [0.2, 0.25) is 0 Å². The highest BCUT2D eigenvalue weighted by molar-refractivity contribution is 5.55. The molecule has 2 N–H and O–H groups in total. The van der Waals surface area contributed by atoms with Crippen molar-refractivity contribution in [2.24, 2.45) is 0 Å². The Hall–Kier alpha value is -1.90. The molecule has 0 fully saturated rings. The lowest BCUT2D eigenvalue weighted by molar-refractivity contribution is -0.274. The molecule has 15 heavy (non-hydrogen) atoms. The summed E-state index contributed by atoms with van der Waals surface area (Å²) < 4.78 is 39.6. The molecule has 0 aromatic heterocycles. The van der Waals surface area contributed by atoms with E-state index >= 15 is 0 Å². The first kappa shape index (κ1) is 11.2. The van der Waals surface area contributed by atoms with Crippen LogP contribution in [0.15, 0.2) is 18.2 Å². The molecular weight excluding hydrogens is 209 g/mol. The predicted octanol–water partition coefficient (Wildman–Crippen LogP) is 2.23. The molecule has 0 spiro atoms. The van der Waals surface area contributed by atoms with Crippen molar-refractivity contribution in [3.05, 3.63) is 23.8 Å². The number of benzene rings is 1. The molecule has 1 aromatic carbocycles. The van der Waals surface area contributed by atoms with Gasteiger partial charge in [-0.2, -0.15) is 5.26 Å². The third-order valence-electron chi connectivity index (χ3n) is 1.65. The highest BCUT2D eigenvalue weighted by atomic mass is 19.4. The molecule has 6 heteroatoms. The minimum absolute atomic E-state index is 0.0531. The summed E-state index contributed by atoms with van der Waals surface area (Å²) in [5.41, 5.74) is 5.59. The Balaban J connectivity index is 3.07. The maximum atomic E-state index is 11.9. The van der Waals surface area contributed by atoms with Crippen molar-refractivity contribution in [2.45, 2.75) is 12.8 Å². The van der Waals surface area contributed by atoms with Crippen molar-refractivity contribution < 1.29 is 17.9 Å². The van der Waals surface area contributed by atoms with Crippen LogP contribution in [-0.2, 0) is 6.42 Å². The highest BCUT2D eigenvalue weighted by Gasteiger charge is 2.32. The van der Waals surface area contributed by atoms with Gasteiger partial charge in [0, 0.05) is 11.3 Å². The Kier molecular flexibility index (Phi) is 3.04. The van der Waals surface area contributed by atoms with E-state index in [4.69, 9.17) is 11.0 Å². The molecule has 0 radical (unpaired) electrons. The summed E-state index contributed by atoms with van der Waals surface area (Å²) in [7, 11) is 0. The molecule has 3 nitrogen and oxygen atoms in total. The SMILES string of the molecule is N#CCc1c(N)cccc1OC(F)(F)F. The van der Waals surface area contributed by atoms with E-state index in [1.165, 1.54) is 12.1 Å². The molecule has 0 atom stereocenters. The van der Waals surface area contributed by atoms with Crippen LogP contribution in [0.3, 0.4) is 0 Å². The summed E-state index contributed by atoms with van der Waals surface area (Å²) in [5, 5.41) is 8.42. The number of nitrogens with zero attached hydrogens (tertiary/aromatic N) is 1. The lowest BCUT2D eigenvalue weighted by Crippen LogP contribution is -2.18. The molecule has 1 rings (SSSR count). The maximum absolute atomic E-state index is 11.9. The number of hydrogen-bond donors (Lipinski definition) is 1. The van der Waals surface area contributed by atoms with Crippen molar-refractivity contribution in [3.63, 3.8) is 0 Å². The van der Waals surface area contributed by atoms with E-state index in [2.05, 4.69) is 4.74 Å². The van der Waals surface area contributed by atoms with Gasteiger partial charge in [0.1, 0.15) is 5.75 Å². The summed E-state index contributed by atoms with van der Waals surface area (Å²) in [6.07, 6.45) is -5.00. The third-order valence-corrected chi connectivity index (χ3v) is 1.65. The van der Waals surface area contributed by atoms with Crippen molar-refractivity contribution in [1.82, 2.24) is 0 Å². The fourth-order valence-corrected chi connectivity index (χ4v) is 1.07. The fourth-order valence-electron chi connectivity index (χ4n) is 1.07. The number of ether oxygens (including phenoxy) is 1. The maximum Gasteiger partial charge on any atom is 0.573 e. The monoisotopic (exact) mass is 216 g/mol. The highest BCUT2D eigenvalue weighted by Crippen LogP contribution is 2.29. The first-order valence-corrected chi connectivity index (χ1v) is 3.94. The lowest BCUT2D eigenvalue weighted by Gasteiger charge is -2.12. The molecular formula is C9H7F3N2O. The Labute approximate surface area is 83.9 Å². The summed E-state index contributed by atoms with van der Waals surface area (Å²) >= 11 is 0. The molecule has 0 aliphatic rings. The third kappa shape index (κ3) is 3.06. The molecule has 0 unspecified atom stereocenters. The topological polar surface area (TPSA) is 59.0 Å². The van der Waals surface area contributed by atoms with Crippen molar-refractivity contribution in [3.8, 4) is 11.8 Å². The second-order valence-electron chi connectivity index (χ2n) is 2.71. The molecule has 80 valence electrons. The summed E-state index contributed by atoms with van der Waals surface area (Å²) in [6, 6.07) is 5.59. The zero-order valence-electron chi connectivity index (χ0n) is 7.51. The van der Waals surface area contributed by atoms with Crippen LogP contribution in [0, 0.1) is 11.3 Å². The number of nitrogens with two attached hydrogens (primary N) is 1. The smallest absolute Gasteiger partial charge is 0.405 e. The molecule has 0 amide bonds. The van der Waals surface area contributed by atoms with Gasteiger partial charge in [-0.25, -0.2) is 0 Å². The van der Waals surface area contributed by atoms with E-state index in [0.717, 1.165) is 6.07 Å². The Morgan fingerprint density at radius 2 is 2.07 bits per heavy atom. The van der Waals surface area contributed by atoms with Crippen LogP contribution < -0.4 is 10.5 Å². The molecule has 0 aliphatic heterocycles. The number of nitriles is 1. The summed E-state index contributed by atoms with van der Waals surface area (Å²) in [4.78, 5) is 0. The molecule has 0 saturated heterocycles. The van der Waals surface area contributed by atoms with Gasteiger partial charge in [0.05, 0.1) is 12.5 Å². The summed E-state index contributed by atoms with van der Waals surface area (Å²) in [6.45, 7) is 0. The largest absolute Gasteiger partial charge is 0.573 e. The van der Waals surface area contributed by atoms with Crippen LogP contribution in [0.4, 0.5) is 18.9 Å². The van der Waals surface area contributed by atoms with Gasteiger partial charge >= 0.3 is 6.36 Å². The fraction of sp³-hybridized carbons (Fsp3) is 0.222. The van der Waals surface area contributed by atoms with Crippen molar-refractivity contribution in [2.75, 3.05) is 5.73 Å². The van der Waals surface area contributed by atoms with Gasteiger partial charge in [-0.1, -0.05) is 6.07 Å². The van der Waals surface area contributed by atoms with Crippen LogP contribution in [0.5, 0.6) is 5.75 Å². The van der Waals surface area contributed by atoms with Crippen LogP contribution in [-0.4, -0.2) is 6.36 Å². The average molecular weight is 216 g/mol. The van der Waals surface area contributed by atoms with Crippen molar-refractivity contribution >= 4 is 5.69 Å². The van der Waals surface area contributed by atoms with E-state index in [1.54, 1.807) is 6.07 Å². The Morgan fingerprint density at radius 3 is 2.60 bits per heavy atom. The van der Waals surface area contributed by atoms with Crippen LogP contribution in [0.25, 0.3) is 0 Å². The number of halogens is 3. The number of nitrogen functional groups attached to an aromatic ring is 1. The normalized spacial score (nSPS) is 10.8. The standard InChI is InChI=1S/C9H7F3N2O/c10-9(11,12)15-8-3-1-2-7(14)6(8)4-5-13/h1-3H,4,14H2. The van der Waals surface area contributed by atoms with Gasteiger partial charge in [-0.3, -0.25) is 0 Å². The minimum atomic E-state index is -4.78. The molecule has 0 bridgehead atoms. The molecule has 0 saturated carbocycles. The van der Waals surface area contributed by atoms with E-state index in [-0.39, 0.29) is 17.7 Å². The Bertz CT molecular complexity index is 395. The zero-order valence-corrected chi connectivity index (χ0v) is 7.51. The predicted molar refractivity (Wildman–Crippen MR) is 46.9 cm³/mol. The lowest BCUT2D eigenvalue weighted by atomic mass is 10.1. The Morgan fingerprint density at radius 1 is 1.40 bits per heavy atom. The van der Waals surface area contributed by atoms with Gasteiger partial charge in [-0.05, 0) is 12.1 Å². The van der Waals surface area contributed by atoms with Gasteiger partial charge < -0.3 is 10.5 Å². The van der Waals surface area contributed by atoms with Gasteiger partial charge in [0.2, 0.25) is 0 Å². The van der Waals surface area contributed by atoms with Gasteiger partial charge in [-0.15, -0.1) is 13.2 Å². The first-order valence-electron chi connectivity index (χ1n) is 3.94. The van der Waals surface area contributed by atoms with E-state index < -0.39 is 12.1 Å². The molecule has 1 aromatic rings. The van der Waals surface area contributed by atoms with E-state index in [0.29, 0.717) is 0 Å². The molecule has 0 aliphatic carbocycles. The van der Waals surface area contributed by atoms with E-state index in [1.807, 2.05) is 0 Å². The van der Waals surface area contributed by atoms with Crippen molar-refractivity contribution in [1.29, 1.82) is 5.26 Å². The van der Waals surface area contributed by atoms with Gasteiger partial charge in [0.15, 0.2) is 0 Å². The number of anilines is 1. The first-order chi connectivity index (χ1) is 6.94. The zero-order chi connectivity index (χ0) is 11.5. The van der Waals surface area contributed by atoms with Crippen LogP contribution >= 0.6 is 0 Å². The number of rotatable bonds is 2. The number of alkyl halides is 3. The molecule has 0 heterocycles. The quantitative estimate of drug-likeness (QED) is 0.771. The van der Waals surface area contributed by atoms with Crippen LogP contribution in [0.1, 0.15) is 5.56 Å². The van der Waals surface area contributed by atoms with E-state index in [9.17, 15) is 13.2 Å². The summed E-state index contributed by atoms with van der Waals surface area (Å²) in [5.74, 6) is -0.427. The average Bonchev–Trinajstić information content (AvgIpc) is 2.08. The number of hydrogen-bond acceptors (Lipinski definition) is 3. The second-order valence-corrected chi connectivity index (χ2v) is 2.71. The minimum Gasteiger partial charge on any atom is -0.405 e. The van der Waals surface area contributed by atoms with Gasteiger partial charge in [0.25, 0.3) is 0 Å². The second kappa shape index (κ2) is 4.09.